The molecule has 0 aliphatic carbocycles. The molecule has 0 saturated carbocycles. The molecule has 0 bridgehead atoms. The van der Waals surface area contributed by atoms with Crippen LogP contribution in [0.2, 0.25) is 0 Å². The third-order valence-electron chi connectivity index (χ3n) is 5.34. The van der Waals surface area contributed by atoms with Crippen LogP contribution in [0, 0.1) is 6.92 Å². The lowest BCUT2D eigenvalue weighted by atomic mass is 10.1. The number of rotatable bonds is 7. The third kappa shape index (κ3) is 6.65. The van der Waals surface area contributed by atoms with Gasteiger partial charge in [-0.15, -0.1) is 0 Å². The number of amides is 3. The Bertz CT molecular complexity index is 944. The van der Waals surface area contributed by atoms with E-state index in [1.165, 1.54) is 4.90 Å². The Kier molecular flexibility index (Phi) is 7.78. The molecule has 0 aromatic heterocycles. The van der Waals surface area contributed by atoms with Crippen LogP contribution < -0.4 is 16.4 Å². The molecule has 7 nitrogen and oxygen atoms in total. The lowest BCUT2D eigenvalue weighted by Gasteiger charge is -2.24. The first kappa shape index (κ1) is 22.5. The molecule has 2 aromatic rings. The number of aryl methyl sites for hydroxylation is 1. The number of benzene rings is 2. The summed E-state index contributed by atoms with van der Waals surface area (Å²) in [6.07, 6.45) is 2.42. The molecule has 1 atom stereocenters. The molecular weight excluding hydrogens is 392 g/mol. The van der Waals surface area contributed by atoms with E-state index in [1.807, 2.05) is 49.4 Å². The highest BCUT2D eigenvalue weighted by molar-refractivity contribution is 5.96. The highest BCUT2D eigenvalue weighted by Crippen LogP contribution is 2.14. The summed E-state index contributed by atoms with van der Waals surface area (Å²) in [5.74, 6) is -0.663. The van der Waals surface area contributed by atoms with Gasteiger partial charge in [0.2, 0.25) is 17.7 Å². The summed E-state index contributed by atoms with van der Waals surface area (Å²) in [7, 11) is 0. The second-order valence-electron chi connectivity index (χ2n) is 7.99. The van der Waals surface area contributed by atoms with E-state index in [-0.39, 0.29) is 30.7 Å². The SMILES string of the molecule is Cc1cccc(CC(=O)NC2CCCCN(CC(=O)Nc3cccc(CN)c3)C2=O)c1. The first-order chi connectivity index (χ1) is 14.9. The van der Waals surface area contributed by atoms with Crippen LogP contribution in [0.5, 0.6) is 0 Å². The first-order valence-electron chi connectivity index (χ1n) is 10.7. The first-order valence-corrected chi connectivity index (χ1v) is 10.7. The van der Waals surface area contributed by atoms with Gasteiger partial charge in [-0.2, -0.15) is 0 Å². The predicted molar refractivity (Wildman–Crippen MR) is 120 cm³/mol. The average molecular weight is 423 g/mol. The number of likely N-dealkylation sites (tertiary alicyclic amines) is 1. The summed E-state index contributed by atoms with van der Waals surface area (Å²) in [4.78, 5) is 39.6. The number of hydrogen-bond acceptors (Lipinski definition) is 4. The van der Waals surface area contributed by atoms with E-state index in [0.717, 1.165) is 29.5 Å². The van der Waals surface area contributed by atoms with Crippen molar-refractivity contribution >= 4 is 23.4 Å². The minimum Gasteiger partial charge on any atom is -0.344 e. The Hall–Kier alpha value is -3.19. The van der Waals surface area contributed by atoms with E-state index in [9.17, 15) is 14.4 Å². The van der Waals surface area contributed by atoms with Crippen molar-refractivity contribution in [1.29, 1.82) is 0 Å². The maximum Gasteiger partial charge on any atom is 0.245 e. The highest BCUT2D eigenvalue weighted by Gasteiger charge is 2.29. The van der Waals surface area contributed by atoms with Crippen molar-refractivity contribution in [2.75, 3.05) is 18.4 Å². The quantitative estimate of drug-likeness (QED) is 0.636. The zero-order chi connectivity index (χ0) is 22.2. The monoisotopic (exact) mass is 422 g/mol. The summed E-state index contributed by atoms with van der Waals surface area (Å²) in [6, 6.07) is 14.5. The molecule has 31 heavy (non-hydrogen) atoms. The van der Waals surface area contributed by atoms with Crippen molar-refractivity contribution in [3.8, 4) is 0 Å². The Morgan fingerprint density at radius 1 is 1.06 bits per heavy atom. The summed E-state index contributed by atoms with van der Waals surface area (Å²) < 4.78 is 0. The number of carbonyl (C=O) groups excluding carboxylic acids is 3. The van der Waals surface area contributed by atoms with Crippen LogP contribution in [-0.4, -0.2) is 41.8 Å². The number of nitrogens with one attached hydrogen (secondary N) is 2. The largest absolute Gasteiger partial charge is 0.344 e. The topological polar surface area (TPSA) is 105 Å². The van der Waals surface area contributed by atoms with Crippen LogP contribution in [-0.2, 0) is 27.3 Å². The van der Waals surface area contributed by atoms with Crippen LogP contribution in [0.15, 0.2) is 48.5 Å². The van der Waals surface area contributed by atoms with Gasteiger partial charge in [0.1, 0.15) is 6.04 Å². The van der Waals surface area contributed by atoms with Gasteiger partial charge in [-0.3, -0.25) is 14.4 Å². The Labute approximate surface area is 183 Å². The zero-order valence-corrected chi connectivity index (χ0v) is 17.9. The van der Waals surface area contributed by atoms with Crippen molar-refractivity contribution in [1.82, 2.24) is 10.2 Å². The van der Waals surface area contributed by atoms with E-state index < -0.39 is 6.04 Å². The molecule has 2 aromatic carbocycles. The minimum absolute atomic E-state index is 0.0457. The number of anilines is 1. The minimum atomic E-state index is -0.604. The number of carbonyl (C=O) groups is 3. The number of hydrogen-bond donors (Lipinski definition) is 3. The van der Waals surface area contributed by atoms with Crippen LogP contribution in [0.3, 0.4) is 0 Å². The van der Waals surface area contributed by atoms with Crippen LogP contribution in [0.1, 0.15) is 36.0 Å². The van der Waals surface area contributed by atoms with Crippen LogP contribution >= 0.6 is 0 Å². The van der Waals surface area contributed by atoms with Gasteiger partial charge in [-0.05, 0) is 49.4 Å². The fourth-order valence-electron chi connectivity index (χ4n) is 3.80. The smallest absolute Gasteiger partial charge is 0.245 e. The van der Waals surface area contributed by atoms with Crippen molar-refractivity contribution in [2.24, 2.45) is 5.73 Å². The number of nitrogens with two attached hydrogens (primary N) is 1. The van der Waals surface area contributed by atoms with Crippen LogP contribution in [0.4, 0.5) is 5.69 Å². The van der Waals surface area contributed by atoms with Gasteiger partial charge in [0, 0.05) is 18.8 Å². The Balaban J connectivity index is 1.58. The Morgan fingerprint density at radius 3 is 2.61 bits per heavy atom. The normalized spacial score (nSPS) is 16.5. The second-order valence-corrected chi connectivity index (χ2v) is 7.99. The molecule has 164 valence electrons. The van der Waals surface area contributed by atoms with Gasteiger partial charge in [0.25, 0.3) is 0 Å². The average Bonchev–Trinajstić information content (AvgIpc) is 2.90. The van der Waals surface area contributed by atoms with E-state index >= 15 is 0 Å². The van der Waals surface area contributed by atoms with Crippen LogP contribution in [0.25, 0.3) is 0 Å². The molecule has 0 radical (unpaired) electrons. The van der Waals surface area contributed by atoms with E-state index in [0.29, 0.717) is 25.2 Å². The molecule has 0 spiro atoms. The molecule has 1 aliphatic heterocycles. The summed E-state index contributed by atoms with van der Waals surface area (Å²) in [5.41, 5.74) is 9.21. The summed E-state index contributed by atoms with van der Waals surface area (Å²) in [5, 5.41) is 5.69. The van der Waals surface area contributed by atoms with Crippen molar-refractivity contribution < 1.29 is 14.4 Å². The maximum absolute atomic E-state index is 13.0. The molecule has 1 fully saturated rings. The van der Waals surface area contributed by atoms with E-state index in [1.54, 1.807) is 6.07 Å². The highest BCUT2D eigenvalue weighted by atomic mass is 16.2. The summed E-state index contributed by atoms with van der Waals surface area (Å²) >= 11 is 0. The second kappa shape index (κ2) is 10.7. The maximum atomic E-state index is 13.0. The zero-order valence-electron chi connectivity index (χ0n) is 17.9. The summed E-state index contributed by atoms with van der Waals surface area (Å²) in [6.45, 7) is 2.82. The van der Waals surface area contributed by atoms with Crippen molar-refractivity contribution in [2.45, 2.75) is 45.2 Å². The molecule has 3 amide bonds. The molecular formula is C24H30N4O3. The lowest BCUT2D eigenvalue weighted by molar-refractivity contribution is -0.138. The molecule has 1 unspecified atom stereocenters. The lowest BCUT2D eigenvalue weighted by Crippen LogP contribution is -2.49. The Morgan fingerprint density at radius 2 is 1.84 bits per heavy atom. The fourth-order valence-corrected chi connectivity index (χ4v) is 3.80. The van der Waals surface area contributed by atoms with E-state index in [2.05, 4.69) is 10.6 Å². The predicted octanol–water partition coefficient (Wildman–Crippen LogP) is 2.13. The molecule has 1 heterocycles. The number of nitrogens with zero attached hydrogens (tertiary/aromatic N) is 1. The third-order valence-corrected chi connectivity index (χ3v) is 5.34. The molecule has 7 heteroatoms. The van der Waals surface area contributed by atoms with Gasteiger partial charge >= 0.3 is 0 Å². The van der Waals surface area contributed by atoms with E-state index in [4.69, 9.17) is 5.73 Å². The van der Waals surface area contributed by atoms with Gasteiger partial charge in [0.15, 0.2) is 0 Å². The van der Waals surface area contributed by atoms with Gasteiger partial charge in [0.05, 0.1) is 13.0 Å². The van der Waals surface area contributed by atoms with Gasteiger partial charge in [-0.1, -0.05) is 42.0 Å². The van der Waals surface area contributed by atoms with Crippen molar-refractivity contribution in [3.63, 3.8) is 0 Å². The fraction of sp³-hybridized carbons (Fsp3) is 0.375. The molecule has 1 aliphatic rings. The molecule has 4 N–H and O–H groups in total. The van der Waals surface area contributed by atoms with Gasteiger partial charge in [-0.25, -0.2) is 0 Å². The standard InChI is InChI=1S/C24H30N4O3/c1-17-6-4-7-18(12-17)14-22(29)27-21-10-2-3-11-28(24(21)31)16-23(30)26-20-9-5-8-19(13-20)15-25/h4-9,12-13,21H,2-3,10-11,14-16,25H2,1H3,(H,26,30)(H,27,29). The van der Waals surface area contributed by atoms with Crippen molar-refractivity contribution in [3.05, 3.63) is 65.2 Å². The molecule has 1 saturated heterocycles. The van der Waals surface area contributed by atoms with Gasteiger partial charge < -0.3 is 21.3 Å². The molecule has 3 rings (SSSR count).